The molecule has 3 aromatic rings. The minimum Gasteiger partial charge on any atom is -0.507 e. The van der Waals surface area contributed by atoms with Gasteiger partial charge in [0, 0.05) is 49.0 Å². The Bertz CT molecular complexity index is 1100. The van der Waals surface area contributed by atoms with E-state index >= 15 is 0 Å². The summed E-state index contributed by atoms with van der Waals surface area (Å²) in [5.41, 5.74) is 3.49. The Morgan fingerprint density at radius 1 is 1.14 bits per heavy atom. The van der Waals surface area contributed by atoms with Crippen LogP contribution in [0.5, 0.6) is 5.75 Å². The molecule has 0 atom stereocenters. The molecule has 1 aliphatic rings. The van der Waals surface area contributed by atoms with Gasteiger partial charge in [-0.3, -0.25) is 10.1 Å². The largest absolute Gasteiger partial charge is 0.507 e. The number of nitro benzene ring substituents is 1. The number of pyridine rings is 1. The summed E-state index contributed by atoms with van der Waals surface area (Å²) in [4.78, 5) is 12.9. The molecular weight excluding hydrogens is 370 g/mol. The SMILES string of the molecule is C[n+]1c(/C=C/c2cc([N+](=O)[O-])ccc2O)cc(N2CCOCC2)c2ccccc21. The van der Waals surface area contributed by atoms with Gasteiger partial charge in [-0.25, -0.2) is 0 Å². The fourth-order valence-corrected chi connectivity index (χ4v) is 3.63. The highest BCUT2D eigenvalue weighted by molar-refractivity contribution is 5.91. The van der Waals surface area contributed by atoms with Crippen molar-refractivity contribution in [2.24, 2.45) is 7.05 Å². The van der Waals surface area contributed by atoms with Crippen molar-refractivity contribution in [2.75, 3.05) is 31.2 Å². The topological polar surface area (TPSA) is 79.7 Å². The van der Waals surface area contributed by atoms with Crippen LogP contribution in [0.15, 0.2) is 48.5 Å². The second kappa shape index (κ2) is 7.89. The number of nitrogens with zero attached hydrogens (tertiary/aromatic N) is 3. The number of nitro groups is 1. The van der Waals surface area contributed by atoms with E-state index < -0.39 is 4.92 Å². The second-order valence-electron chi connectivity index (χ2n) is 6.96. The molecule has 1 aliphatic heterocycles. The molecule has 0 radical (unpaired) electrons. The van der Waals surface area contributed by atoms with E-state index in [0.29, 0.717) is 18.8 Å². The molecule has 4 rings (SSSR count). The van der Waals surface area contributed by atoms with Crippen LogP contribution in [0.1, 0.15) is 11.3 Å². The molecule has 0 spiro atoms. The first-order valence-corrected chi connectivity index (χ1v) is 9.44. The summed E-state index contributed by atoms with van der Waals surface area (Å²) in [7, 11) is 1.98. The molecule has 7 nitrogen and oxygen atoms in total. The number of phenols is 1. The van der Waals surface area contributed by atoms with E-state index in [-0.39, 0.29) is 11.4 Å². The van der Waals surface area contributed by atoms with Gasteiger partial charge in [-0.15, -0.1) is 0 Å². The Kier molecular flexibility index (Phi) is 5.14. The highest BCUT2D eigenvalue weighted by atomic mass is 16.6. The first-order chi connectivity index (χ1) is 14.0. The number of aryl methyl sites for hydroxylation is 1. The highest BCUT2D eigenvalue weighted by Gasteiger charge is 2.20. The zero-order valence-electron chi connectivity index (χ0n) is 16.1. The first-order valence-electron chi connectivity index (χ1n) is 9.44. The smallest absolute Gasteiger partial charge is 0.270 e. The van der Waals surface area contributed by atoms with Crippen LogP contribution in [0.2, 0.25) is 0 Å². The summed E-state index contributed by atoms with van der Waals surface area (Å²) >= 11 is 0. The molecule has 1 fully saturated rings. The van der Waals surface area contributed by atoms with Crippen molar-refractivity contribution in [3.8, 4) is 5.75 Å². The third-order valence-electron chi connectivity index (χ3n) is 5.22. The zero-order chi connectivity index (χ0) is 20.4. The maximum atomic E-state index is 11.0. The molecule has 2 aromatic carbocycles. The number of hydrogen-bond donors (Lipinski definition) is 1. The summed E-state index contributed by atoms with van der Waals surface area (Å²) in [6, 6.07) is 14.3. The van der Waals surface area contributed by atoms with Gasteiger partial charge in [0.05, 0.1) is 29.2 Å². The fourth-order valence-electron chi connectivity index (χ4n) is 3.63. The third-order valence-corrected chi connectivity index (χ3v) is 5.22. The monoisotopic (exact) mass is 392 g/mol. The normalized spacial score (nSPS) is 14.6. The molecule has 1 N–H and O–H groups in total. The summed E-state index contributed by atoms with van der Waals surface area (Å²) in [6.45, 7) is 3.04. The number of anilines is 1. The number of ether oxygens (including phenoxy) is 1. The molecule has 1 aromatic heterocycles. The van der Waals surface area contributed by atoms with Gasteiger partial charge in [0.25, 0.3) is 5.69 Å². The van der Waals surface area contributed by atoms with Crippen LogP contribution in [0.3, 0.4) is 0 Å². The Hall–Kier alpha value is -3.45. The molecule has 0 amide bonds. The number of phenolic OH excluding ortho intramolecular Hbond substituents is 1. The number of benzene rings is 2. The van der Waals surface area contributed by atoms with Crippen molar-refractivity contribution in [3.63, 3.8) is 0 Å². The quantitative estimate of drug-likeness (QED) is 0.419. The van der Waals surface area contributed by atoms with Crippen LogP contribution < -0.4 is 9.47 Å². The van der Waals surface area contributed by atoms with Gasteiger partial charge >= 0.3 is 0 Å². The minimum absolute atomic E-state index is 0.00342. The van der Waals surface area contributed by atoms with Gasteiger partial charge in [-0.05, 0) is 18.2 Å². The number of hydrogen-bond acceptors (Lipinski definition) is 5. The van der Waals surface area contributed by atoms with E-state index in [1.54, 1.807) is 6.08 Å². The van der Waals surface area contributed by atoms with Gasteiger partial charge < -0.3 is 14.7 Å². The van der Waals surface area contributed by atoms with E-state index in [4.69, 9.17) is 4.74 Å². The summed E-state index contributed by atoms with van der Waals surface area (Å²) in [5.74, 6) is 0.00342. The summed E-state index contributed by atoms with van der Waals surface area (Å²) in [5, 5.41) is 22.3. The molecule has 2 heterocycles. The number of non-ortho nitro benzene ring substituents is 1. The van der Waals surface area contributed by atoms with Crippen LogP contribution in [-0.4, -0.2) is 36.3 Å². The predicted molar refractivity (Wildman–Crippen MR) is 112 cm³/mol. The number of para-hydroxylation sites is 1. The van der Waals surface area contributed by atoms with Crippen molar-refractivity contribution in [1.82, 2.24) is 0 Å². The van der Waals surface area contributed by atoms with Gasteiger partial charge in [0.2, 0.25) is 11.2 Å². The molecule has 0 saturated carbocycles. The fraction of sp³-hybridized carbons (Fsp3) is 0.227. The van der Waals surface area contributed by atoms with Crippen molar-refractivity contribution >= 4 is 34.4 Å². The summed E-state index contributed by atoms with van der Waals surface area (Å²) in [6.07, 6.45) is 3.57. The average molecular weight is 392 g/mol. The van der Waals surface area contributed by atoms with E-state index in [1.807, 2.05) is 25.3 Å². The van der Waals surface area contributed by atoms with E-state index in [2.05, 4.69) is 27.7 Å². The number of aromatic hydroxyl groups is 1. The highest BCUT2D eigenvalue weighted by Crippen LogP contribution is 2.28. The second-order valence-corrected chi connectivity index (χ2v) is 6.96. The molecule has 0 unspecified atom stereocenters. The lowest BCUT2D eigenvalue weighted by Gasteiger charge is -2.29. The Labute approximate surface area is 168 Å². The maximum absolute atomic E-state index is 11.0. The summed E-state index contributed by atoms with van der Waals surface area (Å²) < 4.78 is 7.57. The van der Waals surface area contributed by atoms with Crippen molar-refractivity contribution in [2.45, 2.75) is 0 Å². The Balaban J connectivity index is 1.80. The predicted octanol–water partition coefficient (Wildman–Crippen LogP) is 3.29. The Morgan fingerprint density at radius 3 is 2.66 bits per heavy atom. The molecule has 0 aliphatic carbocycles. The zero-order valence-corrected chi connectivity index (χ0v) is 16.1. The van der Waals surface area contributed by atoms with Crippen LogP contribution in [0, 0.1) is 10.1 Å². The van der Waals surface area contributed by atoms with Crippen molar-refractivity contribution < 1.29 is 19.3 Å². The average Bonchev–Trinajstić information content (AvgIpc) is 2.75. The van der Waals surface area contributed by atoms with E-state index in [0.717, 1.165) is 35.4 Å². The molecule has 0 bridgehead atoms. The Morgan fingerprint density at radius 2 is 1.90 bits per heavy atom. The van der Waals surface area contributed by atoms with Crippen molar-refractivity contribution in [3.05, 3.63) is 69.9 Å². The molecule has 7 heteroatoms. The van der Waals surface area contributed by atoms with Gasteiger partial charge in [0.15, 0.2) is 0 Å². The van der Waals surface area contributed by atoms with E-state index in [1.165, 1.54) is 18.2 Å². The van der Waals surface area contributed by atoms with Crippen LogP contribution >= 0.6 is 0 Å². The third kappa shape index (κ3) is 3.77. The standard InChI is InChI=1S/C22H21N3O4/c1-23-17(7-6-16-14-18(25(27)28)8-9-22(16)26)15-21(24-10-12-29-13-11-24)19-4-2-3-5-20(19)23/h2-9,14-15H,10-13H2,1H3/p+1. The molecule has 1 saturated heterocycles. The lowest BCUT2D eigenvalue weighted by atomic mass is 10.1. The lowest BCUT2D eigenvalue weighted by Crippen LogP contribution is -2.38. The minimum atomic E-state index is -0.469. The molecule has 148 valence electrons. The van der Waals surface area contributed by atoms with E-state index in [9.17, 15) is 15.2 Å². The lowest BCUT2D eigenvalue weighted by molar-refractivity contribution is -0.646. The van der Waals surface area contributed by atoms with Crippen molar-refractivity contribution in [1.29, 1.82) is 0 Å². The maximum Gasteiger partial charge on any atom is 0.270 e. The van der Waals surface area contributed by atoms with Crippen LogP contribution in [0.4, 0.5) is 11.4 Å². The molecular formula is C22H22N3O4+. The molecule has 29 heavy (non-hydrogen) atoms. The van der Waals surface area contributed by atoms with Crippen LogP contribution in [-0.2, 0) is 11.8 Å². The number of fused-ring (bicyclic) bond motifs is 1. The number of aromatic nitrogens is 1. The van der Waals surface area contributed by atoms with Gasteiger partial charge in [-0.1, -0.05) is 12.1 Å². The first kappa shape index (κ1) is 18.9. The van der Waals surface area contributed by atoms with Gasteiger partial charge in [0.1, 0.15) is 12.8 Å². The van der Waals surface area contributed by atoms with Crippen LogP contribution in [0.25, 0.3) is 23.1 Å². The number of rotatable bonds is 4. The number of morpholine rings is 1. The van der Waals surface area contributed by atoms with Gasteiger partial charge in [-0.2, -0.15) is 4.57 Å².